The highest BCUT2D eigenvalue weighted by Gasteiger charge is 2.96. The van der Waals surface area contributed by atoms with Crippen LogP contribution in [0.3, 0.4) is 0 Å². The van der Waals surface area contributed by atoms with E-state index in [4.69, 9.17) is 0 Å². The molecular weight excluding hydrogens is 453 g/mol. The lowest BCUT2D eigenvalue weighted by Gasteiger charge is -2.31. The quantitative estimate of drug-likeness (QED) is 0.653. The normalized spacial score (nSPS) is 26.6. The molecule has 1 N–H and O–H groups in total. The molecule has 3 nitrogen and oxygen atoms in total. The molecule has 0 radical (unpaired) electrons. The zero-order valence-corrected chi connectivity index (χ0v) is 13.9. The second kappa shape index (κ2) is 5.75. The molecular formula is C13H7BrF9NO2. The molecule has 1 aromatic rings. The number of amides is 1. The number of alkyl halides is 9. The Bertz CT molecular complexity index is 755. The van der Waals surface area contributed by atoms with Crippen LogP contribution in [0.5, 0.6) is 0 Å². The maximum Gasteiger partial charge on any atom is 0.428 e. The first kappa shape index (κ1) is 20.8. The monoisotopic (exact) mass is 459 g/mol. The van der Waals surface area contributed by atoms with Crippen molar-refractivity contribution in [2.75, 3.05) is 5.32 Å². The molecule has 1 aliphatic rings. The maximum atomic E-state index is 14.0. The van der Waals surface area contributed by atoms with Crippen LogP contribution in [-0.2, 0) is 9.53 Å². The average Bonchev–Trinajstić information content (AvgIpc) is 2.57. The highest BCUT2D eigenvalue weighted by atomic mass is 79.9. The number of ether oxygens (including phenoxy) is 1. The summed E-state index contributed by atoms with van der Waals surface area (Å²) in [4.78, 5) is 11.5. The third kappa shape index (κ3) is 2.58. The van der Waals surface area contributed by atoms with Gasteiger partial charge in [0.15, 0.2) is 0 Å². The van der Waals surface area contributed by atoms with Crippen molar-refractivity contribution in [3.8, 4) is 0 Å². The number of hydrogen-bond donors (Lipinski definition) is 1. The van der Waals surface area contributed by atoms with Gasteiger partial charge in [-0.25, -0.2) is 0 Å². The van der Waals surface area contributed by atoms with E-state index >= 15 is 0 Å². The molecule has 13 heteroatoms. The molecule has 1 aliphatic heterocycles. The number of carbonyl (C=O) groups excluding carboxylic acids is 1. The van der Waals surface area contributed by atoms with E-state index in [0.717, 1.165) is 6.07 Å². The predicted octanol–water partition coefficient (Wildman–Crippen LogP) is 4.89. The van der Waals surface area contributed by atoms with E-state index in [0.29, 0.717) is 5.56 Å². The topological polar surface area (TPSA) is 38.3 Å². The number of anilines is 1. The van der Waals surface area contributed by atoms with Crippen molar-refractivity contribution >= 4 is 27.5 Å². The summed E-state index contributed by atoms with van der Waals surface area (Å²) < 4.78 is 123. The highest BCUT2D eigenvalue weighted by molar-refractivity contribution is 9.10. The summed E-state index contributed by atoms with van der Waals surface area (Å²) in [5.41, 5.74) is 0.0808. The Kier molecular flexibility index (Phi) is 4.60. The fourth-order valence-corrected chi connectivity index (χ4v) is 2.61. The van der Waals surface area contributed by atoms with E-state index in [1.54, 1.807) is 6.92 Å². The molecule has 1 aromatic carbocycles. The zero-order valence-electron chi connectivity index (χ0n) is 12.3. The fourth-order valence-electron chi connectivity index (χ4n) is 2.02. The summed E-state index contributed by atoms with van der Waals surface area (Å²) in [5.74, 6) is -28.6. The molecule has 0 unspecified atom stereocenters. The van der Waals surface area contributed by atoms with Crippen LogP contribution in [0.4, 0.5) is 45.2 Å². The lowest BCUT2D eigenvalue weighted by atomic mass is 9.99. The van der Waals surface area contributed by atoms with Gasteiger partial charge in [0, 0.05) is 4.47 Å². The first-order valence-corrected chi connectivity index (χ1v) is 7.28. The SMILES string of the molecule is Cc1ccc(NC(=O)C(F)(F)[C@]2(F)OC(F)(F)C(F)(F)C2(F)F)c(Br)c1. The van der Waals surface area contributed by atoms with E-state index in [-0.39, 0.29) is 4.47 Å². The van der Waals surface area contributed by atoms with Crippen molar-refractivity contribution < 1.29 is 49.0 Å². The second-order valence-electron chi connectivity index (χ2n) is 5.37. The Hall–Kier alpha value is -1.50. The van der Waals surface area contributed by atoms with E-state index in [2.05, 4.69) is 20.7 Å². The lowest BCUT2D eigenvalue weighted by Crippen LogP contribution is -2.63. The predicted molar refractivity (Wildman–Crippen MR) is 72.2 cm³/mol. The van der Waals surface area contributed by atoms with E-state index < -0.39 is 41.3 Å². The van der Waals surface area contributed by atoms with Crippen LogP contribution >= 0.6 is 15.9 Å². The van der Waals surface area contributed by atoms with Crippen LogP contribution in [0.15, 0.2) is 22.7 Å². The van der Waals surface area contributed by atoms with E-state index in [9.17, 15) is 44.3 Å². The Balaban J connectivity index is 2.44. The Morgan fingerprint density at radius 3 is 2.04 bits per heavy atom. The van der Waals surface area contributed by atoms with Crippen molar-refractivity contribution in [3.63, 3.8) is 0 Å². The summed E-state index contributed by atoms with van der Waals surface area (Å²) >= 11 is 2.83. The third-order valence-electron chi connectivity index (χ3n) is 3.49. The summed E-state index contributed by atoms with van der Waals surface area (Å²) in [7, 11) is 0. The Morgan fingerprint density at radius 2 is 1.62 bits per heavy atom. The molecule has 1 atom stereocenters. The highest BCUT2D eigenvalue weighted by Crippen LogP contribution is 2.64. The minimum atomic E-state index is -6.71. The molecule has 1 amide bonds. The van der Waals surface area contributed by atoms with Gasteiger partial charge in [0.05, 0.1) is 5.69 Å². The third-order valence-corrected chi connectivity index (χ3v) is 4.15. The smallest absolute Gasteiger partial charge is 0.320 e. The van der Waals surface area contributed by atoms with Gasteiger partial charge in [0.2, 0.25) is 0 Å². The average molecular weight is 460 g/mol. The molecule has 146 valence electrons. The van der Waals surface area contributed by atoms with Gasteiger partial charge in [0.25, 0.3) is 0 Å². The number of carbonyl (C=O) groups is 1. The van der Waals surface area contributed by atoms with Crippen LogP contribution in [0.2, 0.25) is 0 Å². The number of rotatable bonds is 3. The standard InChI is InChI=1S/C13H7BrF9NO2/c1-5-2-3-7(6(14)4-5)24-8(25)9(15,16)12(21)10(17,18)11(19,20)13(22,23)26-12/h2-4H,1H3,(H,24,25)/t12-/m0/s1. The van der Waals surface area contributed by atoms with Gasteiger partial charge in [-0.05, 0) is 40.5 Å². The second-order valence-corrected chi connectivity index (χ2v) is 6.23. The number of nitrogens with one attached hydrogen (secondary N) is 1. The summed E-state index contributed by atoms with van der Waals surface area (Å²) in [6.45, 7) is 1.55. The van der Waals surface area contributed by atoms with Gasteiger partial charge in [0.1, 0.15) is 0 Å². The molecule has 0 bridgehead atoms. The summed E-state index contributed by atoms with van der Waals surface area (Å²) in [6.07, 6.45) is -6.28. The van der Waals surface area contributed by atoms with Crippen molar-refractivity contribution in [2.45, 2.75) is 36.7 Å². The maximum absolute atomic E-state index is 14.0. The zero-order chi connectivity index (χ0) is 20.3. The number of halogens is 10. The van der Waals surface area contributed by atoms with Gasteiger partial charge in [-0.2, -0.15) is 39.5 Å². The molecule has 2 rings (SSSR count). The molecule has 1 saturated heterocycles. The van der Waals surface area contributed by atoms with Crippen molar-refractivity contribution in [1.29, 1.82) is 0 Å². The first-order chi connectivity index (χ1) is 11.5. The molecule has 0 saturated carbocycles. The van der Waals surface area contributed by atoms with E-state index in [1.165, 1.54) is 17.4 Å². The number of hydrogen-bond acceptors (Lipinski definition) is 2. The summed E-state index contributed by atoms with van der Waals surface area (Å²) in [6, 6.07) is 3.55. The first-order valence-electron chi connectivity index (χ1n) is 6.49. The Morgan fingerprint density at radius 1 is 1.08 bits per heavy atom. The van der Waals surface area contributed by atoms with Gasteiger partial charge in [-0.3, -0.25) is 9.53 Å². The molecule has 0 aromatic heterocycles. The van der Waals surface area contributed by atoms with Crippen LogP contribution in [-0.4, -0.2) is 35.6 Å². The molecule has 26 heavy (non-hydrogen) atoms. The van der Waals surface area contributed by atoms with Gasteiger partial charge >= 0.3 is 35.6 Å². The molecule has 0 aliphatic carbocycles. The number of benzene rings is 1. The van der Waals surface area contributed by atoms with Crippen LogP contribution in [0.1, 0.15) is 5.56 Å². The summed E-state index contributed by atoms with van der Waals surface area (Å²) in [5, 5.41) is 1.29. The molecule has 1 heterocycles. The van der Waals surface area contributed by atoms with Crippen molar-refractivity contribution in [1.82, 2.24) is 0 Å². The van der Waals surface area contributed by atoms with Crippen LogP contribution in [0, 0.1) is 6.92 Å². The Labute approximate surface area is 147 Å². The van der Waals surface area contributed by atoms with E-state index in [1.807, 2.05) is 0 Å². The van der Waals surface area contributed by atoms with Crippen LogP contribution < -0.4 is 5.32 Å². The van der Waals surface area contributed by atoms with Gasteiger partial charge < -0.3 is 5.32 Å². The minimum Gasteiger partial charge on any atom is -0.320 e. The van der Waals surface area contributed by atoms with Gasteiger partial charge in [-0.1, -0.05) is 6.07 Å². The largest absolute Gasteiger partial charge is 0.428 e. The van der Waals surface area contributed by atoms with Crippen LogP contribution in [0.25, 0.3) is 0 Å². The molecule has 0 spiro atoms. The minimum absolute atomic E-state index is 0.0516. The van der Waals surface area contributed by atoms with Gasteiger partial charge in [-0.15, -0.1) is 0 Å². The number of aryl methyl sites for hydroxylation is 1. The molecule has 1 fully saturated rings. The van der Waals surface area contributed by atoms with Crippen molar-refractivity contribution in [3.05, 3.63) is 28.2 Å². The lowest BCUT2D eigenvalue weighted by molar-refractivity contribution is -0.366. The fraction of sp³-hybridized carbons (Fsp3) is 0.462. The van der Waals surface area contributed by atoms with Crippen molar-refractivity contribution in [2.24, 2.45) is 0 Å².